The molecule has 0 radical (unpaired) electrons. The molecule has 0 spiro atoms. The molecule has 0 aromatic heterocycles. The van der Waals surface area contributed by atoms with E-state index in [2.05, 4.69) is 25.4 Å². The Labute approximate surface area is 118 Å². The van der Waals surface area contributed by atoms with Crippen LogP contribution >= 0.6 is 35.0 Å². The summed E-state index contributed by atoms with van der Waals surface area (Å²) in [5, 5.41) is 4.92. The van der Waals surface area contributed by atoms with Gasteiger partial charge in [0.2, 0.25) is 0 Å². The Bertz CT molecular complexity index is 357. The number of hydrogen-bond acceptors (Lipinski definition) is 2. The van der Waals surface area contributed by atoms with Gasteiger partial charge in [0, 0.05) is 16.1 Å². The largest absolute Gasteiger partial charge is 0.310 e. The molecule has 1 rings (SSSR count). The molecule has 0 fully saturated rings. The summed E-state index contributed by atoms with van der Waals surface area (Å²) in [5.74, 6) is 1.84. The lowest BCUT2D eigenvalue weighted by Gasteiger charge is -2.18. The average molecular weight is 292 g/mol. The first-order chi connectivity index (χ1) is 8.04. The molecule has 4 heteroatoms. The van der Waals surface area contributed by atoms with Crippen molar-refractivity contribution < 1.29 is 0 Å². The van der Waals surface area contributed by atoms with Crippen LogP contribution in [0, 0.1) is 5.92 Å². The zero-order valence-electron chi connectivity index (χ0n) is 10.5. The minimum Gasteiger partial charge on any atom is -0.310 e. The lowest BCUT2D eigenvalue weighted by Crippen LogP contribution is -2.25. The van der Waals surface area contributed by atoms with Gasteiger partial charge in [-0.3, -0.25) is 0 Å². The van der Waals surface area contributed by atoms with Gasteiger partial charge in [-0.2, -0.15) is 11.8 Å². The van der Waals surface area contributed by atoms with Crippen molar-refractivity contribution >= 4 is 35.0 Å². The van der Waals surface area contributed by atoms with Crippen molar-refractivity contribution in [2.45, 2.75) is 19.9 Å². The Balaban J connectivity index is 2.54. The minimum atomic E-state index is 0.254. The number of rotatable bonds is 6. The molecule has 2 atom stereocenters. The first-order valence-electron chi connectivity index (χ1n) is 5.72. The highest BCUT2D eigenvalue weighted by Crippen LogP contribution is 2.26. The summed E-state index contributed by atoms with van der Waals surface area (Å²) in [6, 6.07) is 5.92. The third-order valence-electron chi connectivity index (χ3n) is 2.65. The third kappa shape index (κ3) is 5.09. The zero-order chi connectivity index (χ0) is 12.8. The summed E-state index contributed by atoms with van der Waals surface area (Å²) in [4.78, 5) is 0. The molecule has 0 saturated carbocycles. The second kappa shape index (κ2) is 7.52. The second-order valence-electron chi connectivity index (χ2n) is 4.36. The van der Waals surface area contributed by atoms with Crippen LogP contribution in [0.4, 0.5) is 0 Å². The predicted octanol–water partition coefficient (Wildman–Crippen LogP) is 4.64. The van der Waals surface area contributed by atoms with Crippen molar-refractivity contribution in [3.63, 3.8) is 0 Å². The van der Waals surface area contributed by atoms with Crippen LogP contribution in [-0.2, 0) is 0 Å². The van der Waals surface area contributed by atoms with Crippen LogP contribution in [-0.4, -0.2) is 18.6 Å². The van der Waals surface area contributed by atoms with Crippen LogP contribution in [0.1, 0.15) is 25.5 Å². The summed E-state index contributed by atoms with van der Waals surface area (Å²) in [7, 11) is 0. The molecule has 1 nitrogen and oxygen atoms in total. The molecule has 0 heterocycles. The van der Waals surface area contributed by atoms with E-state index in [0.717, 1.165) is 17.1 Å². The van der Waals surface area contributed by atoms with Gasteiger partial charge >= 0.3 is 0 Å². The van der Waals surface area contributed by atoms with Crippen LogP contribution in [0.2, 0.25) is 10.0 Å². The van der Waals surface area contributed by atoms with Crippen molar-refractivity contribution in [2.24, 2.45) is 5.92 Å². The normalized spacial score (nSPS) is 14.6. The molecular formula is C13H19Cl2NS. The summed E-state index contributed by atoms with van der Waals surface area (Å²) in [6.45, 7) is 5.38. The SMILES string of the molecule is CSCC(C)CNC(C)c1ccc(Cl)cc1Cl. The third-order valence-corrected chi connectivity index (χ3v) is 4.12. The molecule has 0 bridgehead atoms. The molecule has 17 heavy (non-hydrogen) atoms. The lowest BCUT2D eigenvalue weighted by molar-refractivity contribution is 0.501. The highest BCUT2D eigenvalue weighted by atomic mass is 35.5. The molecule has 1 aromatic rings. The van der Waals surface area contributed by atoms with Crippen LogP contribution in [0.25, 0.3) is 0 Å². The van der Waals surface area contributed by atoms with E-state index in [0.29, 0.717) is 10.9 Å². The smallest absolute Gasteiger partial charge is 0.0468 e. The van der Waals surface area contributed by atoms with Crippen molar-refractivity contribution in [1.29, 1.82) is 0 Å². The van der Waals surface area contributed by atoms with E-state index in [4.69, 9.17) is 23.2 Å². The number of hydrogen-bond donors (Lipinski definition) is 1. The van der Waals surface area contributed by atoms with Gasteiger partial charge in [0.25, 0.3) is 0 Å². The first kappa shape index (κ1) is 15.2. The lowest BCUT2D eigenvalue weighted by atomic mass is 10.1. The number of benzene rings is 1. The van der Waals surface area contributed by atoms with Crippen LogP contribution < -0.4 is 5.32 Å². The summed E-state index contributed by atoms with van der Waals surface area (Å²) < 4.78 is 0. The molecule has 0 aliphatic carbocycles. The molecule has 0 saturated heterocycles. The summed E-state index contributed by atoms with van der Waals surface area (Å²) >= 11 is 13.9. The van der Waals surface area contributed by atoms with Crippen LogP contribution in [0.5, 0.6) is 0 Å². The Kier molecular flexibility index (Phi) is 6.71. The standard InChI is InChI=1S/C13H19Cl2NS/c1-9(8-17-3)7-16-10(2)12-5-4-11(14)6-13(12)15/h4-6,9-10,16H,7-8H2,1-3H3. The Morgan fingerprint density at radius 1 is 1.29 bits per heavy atom. The van der Waals surface area contributed by atoms with Gasteiger partial charge in [-0.1, -0.05) is 36.2 Å². The fourth-order valence-corrected chi connectivity index (χ4v) is 2.94. The number of halogens is 2. The predicted molar refractivity (Wildman–Crippen MR) is 80.4 cm³/mol. The van der Waals surface area contributed by atoms with Gasteiger partial charge in [0.05, 0.1) is 0 Å². The molecule has 0 aliphatic rings. The second-order valence-corrected chi connectivity index (χ2v) is 6.11. The molecule has 96 valence electrons. The number of thioether (sulfide) groups is 1. The first-order valence-corrected chi connectivity index (χ1v) is 7.86. The highest BCUT2D eigenvalue weighted by molar-refractivity contribution is 7.98. The maximum Gasteiger partial charge on any atom is 0.0468 e. The van der Waals surface area contributed by atoms with E-state index in [1.165, 1.54) is 5.75 Å². The monoisotopic (exact) mass is 291 g/mol. The molecule has 0 amide bonds. The molecular weight excluding hydrogens is 273 g/mol. The summed E-state index contributed by atoms with van der Waals surface area (Å²) in [6.07, 6.45) is 2.13. The molecule has 1 aromatic carbocycles. The van der Waals surface area contributed by atoms with Gasteiger partial charge in [-0.25, -0.2) is 0 Å². The fraction of sp³-hybridized carbons (Fsp3) is 0.538. The average Bonchev–Trinajstić information content (AvgIpc) is 2.26. The maximum absolute atomic E-state index is 6.17. The van der Waals surface area contributed by atoms with Crippen molar-refractivity contribution in [2.75, 3.05) is 18.6 Å². The highest BCUT2D eigenvalue weighted by Gasteiger charge is 2.10. The zero-order valence-corrected chi connectivity index (χ0v) is 12.8. The van der Waals surface area contributed by atoms with Gasteiger partial charge in [0.1, 0.15) is 0 Å². The molecule has 0 aliphatic heterocycles. The summed E-state index contributed by atoms with van der Waals surface area (Å²) in [5.41, 5.74) is 1.10. The van der Waals surface area contributed by atoms with Crippen LogP contribution in [0.3, 0.4) is 0 Å². The van der Waals surface area contributed by atoms with E-state index in [-0.39, 0.29) is 6.04 Å². The van der Waals surface area contributed by atoms with Gasteiger partial charge in [-0.05, 0) is 49.1 Å². The van der Waals surface area contributed by atoms with E-state index >= 15 is 0 Å². The van der Waals surface area contributed by atoms with Gasteiger partial charge in [-0.15, -0.1) is 0 Å². The maximum atomic E-state index is 6.17. The van der Waals surface area contributed by atoms with Crippen molar-refractivity contribution in [1.82, 2.24) is 5.32 Å². The van der Waals surface area contributed by atoms with E-state index < -0.39 is 0 Å². The Morgan fingerprint density at radius 2 is 2.00 bits per heavy atom. The van der Waals surface area contributed by atoms with Crippen LogP contribution in [0.15, 0.2) is 18.2 Å². The topological polar surface area (TPSA) is 12.0 Å². The van der Waals surface area contributed by atoms with Crippen molar-refractivity contribution in [3.8, 4) is 0 Å². The molecule has 1 N–H and O–H groups in total. The van der Waals surface area contributed by atoms with E-state index in [1.807, 2.05) is 23.9 Å². The minimum absolute atomic E-state index is 0.254. The quantitative estimate of drug-likeness (QED) is 0.819. The van der Waals surface area contributed by atoms with Gasteiger partial charge in [0.15, 0.2) is 0 Å². The Morgan fingerprint density at radius 3 is 2.59 bits per heavy atom. The van der Waals surface area contributed by atoms with Gasteiger partial charge < -0.3 is 5.32 Å². The Hall–Kier alpha value is 0.110. The molecule has 2 unspecified atom stereocenters. The van der Waals surface area contributed by atoms with E-state index in [9.17, 15) is 0 Å². The fourth-order valence-electron chi connectivity index (χ4n) is 1.68. The number of nitrogens with one attached hydrogen (secondary N) is 1. The van der Waals surface area contributed by atoms with E-state index in [1.54, 1.807) is 6.07 Å². The van der Waals surface area contributed by atoms with Crippen molar-refractivity contribution in [3.05, 3.63) is 33.8 Å².